The average molecular weight is 687 g/mol. The Hall–Kier alpha value is -4.87. The minimum atomic E-state index is -1.46. The molecule has 0 fully saturated rings. The second kappa shape index (κ2) is 21.2. The number of hydrogen-bond acceptors (Lipinski definition) is 10. The lowest BCUT2D eigenvalue weighted by Gasteiger charge is -2.27. The van der Waals surface area contributed by atoms with Gasteiger partial charge >= 0.3 is 0 Å². The number of nitrogens with zero attached hydrogens (tertiary/aromatic N) is 1. The fraction of sp³-hybridized carbons (Fsp3) is 0.531. The van der Waals surface area contributed by atoms with Gasteiger partial charge in [-0.2, -0.15) is 0 Å². The van der Waals surface area contributed by atoms with Crippen LogP contribution < -0.4 is 43.8 Å². The van der Waals surface area contributed by atoms with E-state index in [-0.39, 0.29) is 31.6 Å². The Bertz CT molecular complexity index is 1360. The van der Waals surface area contributed by atoms with Crippen LogP contribution in [0.25, 0.3) is 0 Å². The molecule has 5 atom stereocenters. The maximum atomic E-state index is 13.6. The van der Waals surface area contributed by atoms with Crippen LogP contribution in [0.5, 0.6) is 0 Å². The van der Waals surface area contributed by atoms with E-state index in [1.807, 2.05) is 13.8 Å². The quantitative estimate of drug-likeness (QED) is 0.0569. The summed E-state index contributed by atoms with van der Waals surface area (Å²) in [5, 5.41) is 22.5. The molecule has 1 aromatic carbocycles. The van der Waals surface area contributed by atoms with Gasteiger partial charge in [-0.15, -0.1) is 0 Å². The first-order chi connectivity index (χ1) is 23.3. The van der Waals surface area contributed by atoms with Crippen molar-refractivity contribution in [1.29, 1.82) is 0 Å². The van der Waals surface area contributed by atoms with Crippen LogP contribution in [-0.2, 0) is 41.6 Å². The number of carbonyl (C=O) groups is 6. The van der Waals surface area contributed by atoms with E-state index in [1.54, 1.807) is 30.3 Å². The van der Waals surface area contributed by atoms with Crippen LogP contribution in [-0.4, -0.2) is 100 Å². The topological polar surface area (TPSA) is 290 Å². The molecule has 0 saturated heterocycles. The number of amides is 6. The van der Waals surface area contributed by atoms with Crippen molar-refractivity contribution < 1.29 is 33.9 Å². The zero-order valence-corrected chi connectivity index (χ0v) is 27.9. The number of aliphatic hydroxyl groups is 1. The Balaban J connectivity index is 2.10. The molecule has 1 heterocycles. The molecular formula is C32H50N10O7. The molecular weight excluding hydrogens is 636 g/mol. The number of hydrogen-bond donors (Lipinski definition) is 10. The summed E-state index contributed by atoms with van der Waals surface area (Å²) in [4.78, 5) is 83.8. The molecule has 0 aliphatic rings. The van der Waals surface area contributed by atoms with Gasteiger partial charge in [-0.05, 0) is 43.7 Å². The third kappa shape index (κ3) is 14.8. The SMILES string of the molecule is CC(C)C[C@H](NC(=O)[C@H](CO)NC(=O)CNC(=O)[C@@H](N)Cc1cnc[nH]1)C(=O)N[C@@H](Cc1ccccc1)C(=O)N[C@@H](CCCCN)C(N)=O. The Morgan fingerprint density at radius 3 is 2.06 bits per heavy atom. The molecule has 2 rings (SSSR count). The highest BCUT2D eigenvalue weighted by atomic mass is 16.3. The molecule has 2 aromatic rings. The Morgan fingerprint density at radius 2 is 1.47 bits per heavy atom. The van der Waals surface area contributed by atoms with Crippen molar-refractivity contribution in [3.8, 4) is 0 Å². The molecule has 0 aliphatic carbocycles. The van der Waals surface area contributed by atoms with E-state index in [4.69, 9.17) is 17.2 Å². The number of aliphatic hydroxyl groups excluding tert-OH is 1. The van der Waals surface area contributed by atoms with Crippen molar-refractivity contribution in [1.82, 2.24) is 36.6 Å². The molecule has 0 aliphatic heterocycles. The number of unbranched alkanes of at least 4 members (excludes halogenated alkanes) is 1. The van der Waals surface area contributed by atoms with Crippen molar-refractivity contribution in [2.45, 2.75) is 82.6 Å². The van der Waals surface area contributed by atoms with E-state index >= 15 is 0 Å². The molecule has 0 radical (unpaired) electrons. The van der Waals surface area contributed by atoms with Gasteiger partial charge in [-0.1, -0.05) is 44.2 Å². The summed E-state index contributed by atoms with van der Waals surface area (Å²) in [6, 6.07) is 3.18. The number of nitrogens with one attached hydrogen (secondary N) is 6. The third-order valence-electron chi connectivity index (χ3n) is 7.45. The number of rotatable bonds is 22. The van der Waals surface area contributed by atoms with Gasteiger partial charge in [0.2, 0.25) is 35.4 Å². The van der Waals surface area contributed by atoms with Crippen molar-refractivity contribution >= 4 is 35.4 Å². The van der Waals surface area contributed by atoms with Crippen molar-refractivity contribution in [3.63, 3.8) is 0 Å². The summed E-state index contributed by atoms with van der Waals surface area (Å²) in [7, 11) is 0. The minimum Gasteiger partial charge on any atom is -0.394 e. The molecule has 1 aromatic heterocycles. The first-order valence-corrected chi connectivity index (χ1v) is 16.2. The highest BCUT2D eigenvalue weighted by Gasteiger charge is 2.31. The normalized spacial score (nSPS) is 14.1. The van der Waals surface area contributed by atoms with E-state index in [9.17, 15) is 33.9 Å². The maximum Gasteiger partial charge on any atom is 0.245 e. The number of H-pyrrole nitrogens is 1. The smallest absolute Gasteiger partial charge is 0.245 e. The summed E-state index contributed by atoms with van der Waals surface area (Å²) in [6.07, 6.45) is 4.78. The van der Waals surface area contributed by atoms with Crippen LogP contribution in [0.4, 0.5) is 0 Å². The van der Waals surface area contributed by atoms with Crippen LogP contribution in [0.3, 0.4) is 0 Å². The highest BCUT2D eigenvalue weighted by Crippen LogP contribution is 2.10. The van der Waals surface area contributed by atoms with Crippen molar-refractivity contribution in [2.24, 2.45) is 23.1 Å². The van der Waals surface area contributed by atoms with Gasteiger partial charge in [-0.25, -0.2) is 4.98 Å². The molecule has 49 heavy (non-hydrogen) atoms. The number of imidazole rings is 1. The third-order valence-corrected chi connectivity index (χ3v) is 7.45. The summed E-state index contributed by atoms with van der Waals surface area (Å²) < 4.78 is 0. The molecule has 270 valence electrons. The largest absolute Gasteiger partial charge is 0.394 e. The monoisotopic (exact) mass is 686 g/mol. The molecule has 13 N–H and O–H groups in total. The van der Waals surface area contributed by atoms with Gasteiger partial charge in [-0.3, -0.25) is 28.8 Å². The van der Waals surface area contributed by atoms with E-state index < -0.39 is 78.8 Å². The lowest BCUT2D eigenvalue weighted by Crippen LogP contribution is -2.59. The number of aromatic nitrogens is 2. The average Bonchev–Trinajstić information content (AvgIpc) is 3.58. The fourth-order valence-corrected chi connectivity index (χ4v) is 4.82. The van der Waals surface area contributed by atoms with Crippen molar-refractivity contribution in [3.05, 3.63) is 54.1 Å². The van der Waals surface area contributed by atoms with E-state index in [0.29, 0.717) is 25.1 Å². The van der Waals surface area contributed by atoms with Gasteiger partial charge < -0.3 is 53.9 Å². The van der Waals surface area contributed by atoms with Gasteiger partial charge in [0.15, 0.2) is 0 Å². The first kappa shape index (κ1) is 40.3. The predicted octanol–water partition coefficient (Wildman–Crippen LogP) is -2.77. The summed E-state index contributed by atoms with van der Waals surface area (Å²) in [5.41, 5.74) is 18.3. The number of carbonyl (C=O) groups excluding carboxylic acids is 6. The van der Waals surface area contributed by atoms with Crippen LogP contribution in [0.1, 0.15) is 50.8 Å². The lowest BCUT2D eigenvalue weighted by molar-refractivity contribution is -0.135. The summed E-state index contributed by atoms with van der Waals surface area (Å²) in [5.74, 6) is -4.42. The molecule has 17 nitrogen and oxygen atoms in total. The molecule has 0 unspecified atom stereocenters. The number of nitrogens with two attached hydrogens (primary N) is 3. The van der Waals surface area contributed by atoms with Gasteiger partial charge in [0, 0.05) is 24.7 Å². The number of primary amides is 1. The zero-order chi connectivity index (χ0) is 36.3. The van der Waals surface area contributed by atoms with Gasteiger partial charge in [0.25, 0.3) is 0 Å². The van der Waals surface area contributed by atoms with E-state index in [1.165, 1.54) is 12.5 Å². The Kier molecular flexibility index (Phi) is 17.4. The standard InChI is InChI=1S/C32H50N10O7/c1-19(2)12-24(41-32(49)26(17-43)39-27(44)16-37-29(46)22(34)14-21-15-36-18-38-21)30(47)42-25(13-20-8-4-3-5-9-20)31(48)40-23(28(35)45)10-6-7-11-33/h3-5,8-9,15,18-19,22-26,43H,6-7,10-14,16-17,33-34H2,1-2H3,(H2,35,45)(H,36,38)(H,37,46)(H,39,44)(H,40,48)(H,41,49)(H,42,47)/t22-,23-,24-,25-,26-/m0/s1. The number of aromatic amines is 1. The minimum absolute atomic E-state index is 0.0711. The molecule has 0 bridgehead atoms. The van der Waals surface area contributed by atoms with Crippen molar-refractivity contribution in [2.75, 3.05) is 19.7 Å². The second-order valence-electron chi connectivity index (χ2n) is 12.1. The van der Waals surface area contributed by atoms with E-state index in [2.05, 4.69) is 36.6 Å². The maximum absolute atomic E-state index is 13.6. The highest BCUT2D eigenvalue weighted by molar-refractivity contribution is 5.96. The van der Waals surface area contributed by atoms with Crippen LogP contribution in [0.15, 0.2) is 42.9 Å². The van der Waals surface area contributed by atoms with Crippen LogP contribution >= 0.6 is 0 Å². The van der Waals surface area contributed by atoms with Crippen LogP contribution in [0.2, 0.25) is 0 Å². The molecule has 0 spiro atoms. The lowest BCUT2D eigenvalue weighted by atomic mass is 10.00. The number of benzene rings is 1. The molecule has 17 heteroatoms. The van der Waals surface area contributed by atoms with Gasteiger partial charge in [0.05, 0.1) is 25.5 Å². The first-order valence-electron chi connectivity index (χ1n) is 16.2. The zero-order valence-electron chi connectivity index (χ0n) is 27.9. The fourth-order valence-electron chi connectivity index (χ4n) is 4.82. The summed E-state index contributed by atoms with van der Waals surface area (Å²) in [6.45, 7) is 2.73. The van der Waals surface area contributed by atoms with E-state index in [0.717, 1.165) is 5.56 Å². The second-order valence-corrected chi connectivity index (χ2v) is 12.1. The molecule has 6 amide bonds. The predicted molar refractivity (Wildman–Crippen MR) is 180 cm³/mol. The van der Waals surface area contributed by atoms with Gasteiger partial charge in [0.1, 0.15) is 24.2 Å². The Morgan fingerprint density at radius 1 is 0.837 bits per heavy atom. The summed E-state index contributed by atoms with van der Waals surface area (Å²) >= 11 is 0. The Labute approximate surface area is 285 Å². The van der Waals surface area contributed by atoms with Crippen LogP contribution in [0, 0.1) is 5.92 Å². The molecule has 0 saturated carbocycles.